The van der Waals surface area contributed by atoms with E-state index in [9.17, 15) is 15.3 Å². The molecule has 1 rings (SSSR count). The van der Waals surface area contributed by atoms with Crippen LogP contribution in [0.3, 0.4) is 0 Å². The van der Waals surface area contributed by atoms with Gasteiger partial charge < -0.3 is 29.9 Å². The SMILES string of the molecule is CC(C)[C@@H](C)O[C@@H]1OC(CO)[C@H](O)C(O)C1O. The molecule has 1 fully saturated rings. The molecule has 0 bridgehead atoms. The van der Waals surface area contributed by atoms with E-state index in [1.165, 1.54) is 0 Å². The van der Waals surface area contributed by atoms with Crippen LogP contribution in [0.4, 0.5) is 0 Å². The number of hydrogen-bond acceptors (Lipinski definition) is 6. The fourth-order valence-electron chi connectivity index (χ4n) is 1.55. The van der Waals surface area contributed by atoms with E-state index >= 15 is 0 Å². The van der Waals surface area contributed by atoms with Crippen molar-refractivity contribution in [1.29, 1.82) is 0 Å². The lowest BCUT2D eigenvalue weighted by Crippen LogP contribution is -2.59. The van der Waals surface area contributed by atoms with Gasteiger partial charge in [-0.3, -0.25) is 0 Å². The maximum atomic E-state index is 9.71. The van der Waals surface area contributed by atoms with Gasteiger partial charge in [0.05, 0.1) is 12.7 Å². The molecule has 0 radical (unpaired) electrons. The highest BCUT2D eigenvalue weighted by Crippen LogP contribution is 2.24. The van der Waals surface area contributed by atoms with E-state index in [0.29, 0.717) is 0 Å². The summed E-state index contributed by atoms with van der Waals surface area (Å²) in [5.74, 6) is 0.224. The Labute approximate surface area is 101 Å². The molecule has 0 saturated carbocycles. The minimum Gasteiger partial charge on any atom is -0.394 e. The molecule has 1 saturated heterocycles. The van der Waals surface area contributed by atoms with E-state index in [-0.39, 0.29) is 12.0 Å². The molecule has 102 valence electrons. The number of aliphatic hydroxyl groups is 4. The van der Waals surface area contributed by atoms with Crippen molar-refractivity contribution in [1.82, 2.24) is 0 Å². The Balaban J connectivity index is 2.65. The van der Waals surface area contributed by atoms with Gasteiger partial charge in [-0.15, -0.1) is 0 Å². The Kier molecular flexibility index (Phi) is 5.30. The van der Waals surface area contributed by atoms with Crippen molar-refractivity contribution in [2.24, 2.45) is 5.92 Å². The molecule has 1 heterocycles. The van der Waals surface area contributed by atoms with Gasteiger partial charge >= 0.3 is 0 Å². The third-order valence-electron chi connectivity index (χ3n) is 3.14. The molecule has 3 unspecified atom stereocenters. The van der Waals surface area contributed by atoms with E-state index in [4.69, 9.17) is 14.6 Å². The smallest absolute Gasteiger partial charge is 0.186 e. The molecule has 1 aliphatic heterocycles. The minimum atomic E-state index is -1.38. The van der Waals surface area contributed by atoms with Gasteiger partial charge in [0, 0.05) is 0 Å². The highest BCUT2D eigenvalue weighted by molar-refractivity contribution is 4.89. The number of hydrogen-bond donors (Lipinski definition) is 4. The Morgan fingerprint density at radius 3 is 2.12 bits per heavy atom. The van der Waals surface area contributed by atoms with E-state index in [2.05, 4.69) is 0 Å². The van der Waals surface area contributed by atoms with E-state index < -0.39 is 37.3 Å². The first-order valence-corrected chi connectivity index (χ1v) is 5.84. The zero-order valence-electron chi connectivity index (χ0n) is 10.4. The van der Waals surface area contributed by atoms with Crippen LogP contribution in [-0.2, 0) is 9.47 Å². The van der Waals surface area contributed by atoms with Crippen molar-refractivity contribution in [3.63, 3.8) is 0 Å². The molecule has 0 spiro atoms. The maximum Gasteiger partial charge on any atom is 0.186 e. The first-order valence-electron chi connectivity index (χ1n) is 5.84. The van der Waals surface area contributed by atoms with Crippen molar-refractivity contribution < 1.29 is 29.9 Å². The first kappa shape index (κ1) is 14.8. The molecule has 0 aliphatic carbocycles. The van der Waals surface area contributed by atoms with Crippen LogP contribution in [0.5, 0.6) is 0 Å². The normalized spacial score (nSPS) is 40.6. The lowest BCUT2D eigenvalue weighted by Gasteiger charge is -2.40. The molecular weight excluding hydrogens is 228 g/mol. The van der Waals surface area contributed by atoms with Gasteiger partial charge in [0.15, 0.2) is 6.29 Å². The number of aliphatic hydroxyl groups excluding tert-OH is 4. The lowest BCUT2D eigenvalue weighted by molar-refractivity contribution is -0.312. The van der Waals surface area contributed by atoms with Gasteiger partial charge in [0.1, 0.15) is 24.4 Å². The minimum absolute atomic E-state index is 0.170. The van der Waals surface area contributed by atoms with E-state index in [0.717, 1.165) is 0 Å². The monoisotopic (exact) mass is 250 g/mol. The molecule has 6 heteroatoms. The second-order valence-corrected chi connectivity index (χ2v) is 4.78. The van der Waals surface area contributed by atoms with Crippen LogP contribution < -0.4 is 0 Å². The van der Waals surface area contributed by atoms with Gasteiger partial charge in [-0.25, -0.2) is 0 Å². The summed E-state index contributed by atoms with van der Waals surface area (Å²) in [4.78, 5) is 0. The standard InChI is InChI=1S/C11H22O6/c1-5(2)6(3)16-11-10(15)9(14)8(13)7(4-12)17-11/h5-15H,4H2,1-3H3/t6-,7?,8+,9?,10?,11-/m1/s1. The molecule has 0 amide bonds. The van der Waals surface area contributed by atoms with E-state index in [1.54, 1.807) is 0 Å². The molecule has 6 nitrogen and oxygen atoms in total. The number of rotatable bonds is 4. The number of ether oxygens (including phenoxy) is 2. The largest absolute Gasteiger partial charge is 0.394 e. The summed E-state index contributed by atoms with van der Waals surface area (Å²) in [6.45, 7) is 5.29. The van der Waals surface area contributed by atoms with Crippen LogP contribution in [0, 0.1) is 5.92 Å². The summed E-state index contributed by atoms with van der Waals surface area (Å²) in [5.41, 5.74) is 0. The van der Waals surface area contributed by atoms with E-state index in [1.807, 2.05) is 20.8 Å². The third kappa shape index (κ3) is 3.37. The summed E-state index contributed by atoms with van der Waals surface area (Å²) >= 11 is 0. The van der Waals surface area contributed by atoms with Crippen LogP contribution in [0.15, 0.2) is 0 Å². The highest BCUT2D eigenvalue weighted by atomic mass is 16.7. The van der Waals surface area contributed by atoms with Gasteiger partial charge in [-0.1, -0.05) is 13.8 Å². The van der Waals surface area contributed by atoms with Crippen molar-refractivity contribution >= 4 is 0 Å². The molecule has 6 atom stereocenters. The summed E-state index contributed by atoms with van der Waals surface area (Å²) in [7, 11) is 0. The van der Waals surface area contributed by atoms with Crippen molar-refractivity contribution in [2.45, 2.75) is 57.6 Å². The zero-order valence-corrected chi connectivity index (χ0v) is 10.4. The average Bonchev–Trinajstić information content (AvgIpc) is 2.29. The van der Waals surface area contributed by atoms with Crippen LogP contribution >= 0.6 is 0 Å². The zero-order chi connectivity index (χ0) is 13.2. The van der Waals surface area contributed by atoms with Crippen LogP contribution in [0.1, 0.15) is 20.8 Å². The summed E-state index contributed by atoms with van der Waals surface area (Å²) in [6, 6.07) is 0. The maximum absolute atomic E-state index is 9.71. The molecule has 4 N–H and O–H groups in total. The quantitative estimate of drug-likeness (QED) is 0.503. The van der Waals surface area contributed by atoms with Crippen LogP contribution in [0.2, 0.25) is 0 Å². The molecular formula is C11H22O6. The Morgan fingerprint density at radius 1 is 1.06 bits per heavy atom. The van der Waals surface area contributed by atoms with Crippen molar-refractivity contribution in [3.8, 4) is 0 Å². The molecule has 1 aliphatic rings. The Hall–Kier alpha value is -0.240. The Bertz CT molecular complexity index is 230. The highest BCUT2D eigenvalue weighted by Gasteiger charge is 2.44. The van der Waals surface area contributed by atoms with Crippen LogP contribution in [0.25, 0.3) is 0 Å². The summed E-state index contributed by atoms with van der Waals surface area (Å²) < 4.78 is 10.7. The van der Waals surface area contributed by atoms with Gasteiger partial charge in [-0.2, -0.15) is 0 Å². The average molecular weight is 250 g/mol. The second kappa shape index (κ2) is 6.08. The first-order chi connectivity index (χ1) is 7.88. The Morgan fingerprint density at radius 2 is 1.65 bits per heavy atom. The van der Waals surface area contributed by atoms with Gasteiger partial charge in [0.25, 0.3) is 0 Å². The predicted octanol–water partition coefficient (Wildman–Crippen LogP) is -1.15. The fraction of sp³-hybridized carbons (Fsp3) is 1.00. The molecule has 0 aromatic heterocycles. The summed E-state index contributed by atoms with van der Waals surface area (Å²) in [5, 5.41) is 37.8. The molecule has 17 heavy (non-hydrogen) atoms. The molecule has 0 aromatic rings. The lowest BCUT2D eigenvalue weighted by atomic mass is 9.99. The second-order valence-electron chi connectivity index (χ2n) is 4.78. The van der Waals surface area contributed by atoms with Gasteiger partial charge in [0.2, 0.25) is 0 Å². The fourth-order valence-corrected chi connectivity index (χ4v) is 1.55. The van der Waals surface area contributed by atoms with Crippen molar-refractivity contribution in [3.05, 3.63) is 0 Å². The third-order valence-corrected chi connectivity index (χ3v) is 3.14. The molecule has 0 aromatic carbocycles. The summed E-state index contributed by atoms with van der Waals surface area (Å²) in [6.07, 6.45) is -6.18. The van der Waals surface area contributed by atoms with Gasteiger partial charge in [-0.05, 0) is 12.8 Å². The topological polar surface area (TPSA) is 99.4 Å². The van der Waals surface area contributed by atoms with Crippen molar-refractivity contribution in [2.75, 3.05) is 6.61 Å². The van der Waals surface area contributed by atoms with Crippen LogP contribution in [-0.4, -0.2) is 63.8 Å². The predicted molar refractivity (Wildman–Crippen MR) is 59.2 cm³/mol.